The first-order valence-corrected chi connectivity index (χ1v) is 7.92. The second kappa shape index (κ2) is 4.50. The minimum Gasteiger partial charge on any atom is -0.207 e. The van der Waals surface area contributed by atoms with E-state index in [9.17, 15) is 12.8 Å². The molecular formula is C10H10BrClFNO2S. The molecule has 1 aliphatic rings. The molecule has 0 atom stereocenters. The first kappa shape index (κ1) is 13.3. The molecule has 1 fully saturated rings. The summed E-state index contributed by atoms with van der Waals surface area (Å²) in [5.41, 5.74) is -0.436. The fraction of sp³-hybridized carbons (Fsp3) is 0.400. The summed E-state index contributed by atoms with van der Waals surface area (Å²) in [6.07, 6.45) is 1.54. The maximum Gasteiger partial charge on any atom is 0.242 e. The summed E-state index contributed by atoms with van der Waals surface area (Å²) in [5, 5.41) is 0.552. The highest BCUT2D eigenvalue weighted by Gasteiger charge is 2.45. The zero-order valence-corrected chi connectivity index (χ0v) is 11.9. The molecule has 0 radical (unpaired) electrons. The molecule has 1 saturated carbocycles. The fourth-order valence-electron chi connectivity index (χ4n) is 1.44. The summed E-state index contributed by atoms with van der Waals surface area (Å²) in [5.74, 6) is -0.626. The van der Waals surface area contributed by atoms with Gasteiger partial charge in [-0.3, -0.25) is 0 Å². The van der Waals surface area contributed by atoms with Crippen LogP contribution >= 0.6 is 27.5 Å². The number of benzene rings is 1. The summed E-state index contributed by atoms with van der Waals surface area (Å²) in [6.45, 7) is 0. The van der Waals surface area contributed by atoms with Gasteiger partial charge in [0.2, 0.25) is 10.0 Å². The standard InChI is InChI=1S/C10H10BrClFNO2S/c11-6-10(3-4-10)14-17(15,16)9-5-7(13)1-2-8(9)12/h1-2,5,14H,3-4,6H2. The molecule has 0 saturated heterocycles. The fourth-order valence-corrected chi connectivity index (χ4v) is 4.29. The first-order chi connectivity index (χ1) is 7.88. The van der Waals surface area contributed by atoms with Gasteiger partial charge in [-0.2, -0.15) is 0 Å². The van der Waals surface area contributed by atoms with Gasteiger partial charge in [0.05, 0.1) is 5.02 Å². The predicted molar refractivity (Wildman–Crippen MR) is 67.5 cm³/mol. The van der Waals surface area contributed by atoms with Gasteiger partial charge >= 0.3 is 0 Å². The Bertz CT molecular complexity index is 545. The summed E-state index contributed by atoms with van der Waals surface area (Å²) in [7, 11) is -3.77. The Balaban J connectivity index is 2.35. The topological polar surface area (TPSA) is 46.2 Å². The highest BCUT2D eigenvalue weighted by molar-refractivity contribution is 9.09. The second-order valence-corrected chi connectivity index (χ2v) is 6.71. The lowest BCUT2D eigenvalue weighted by Gasteiger charge is -2.15. The zero-order chi connectivity index (χ0) is 12.7. The Hall–Kier alpha value is -0.170. The van der Waals surface area contributed by atoms with Crippen LogP contribution in [0.3, 0.4) is 0 Å². The van der Waals surface area contributed by atoms with Crippen molar-refractivity contribution in [2.75, 3.05) is 5.33 Å². The summed E-state index contributed by atoms with van der Waals surface area (Å²) in [4.78, 5) is -0.216. The molecule has 7 heteroatoms. The lowest BCUT2D eigenvalue weighted by molar-refractivity contribution is 0.558. The number of rotatable bonds is 4. The van der Waals surface area contributed by atoms with E-state index in [1.54, 1.807) is 0 Å². The lowest BCUT2D eigenvalue weighted by atomic mass is 10.3. The second-order valence-electron chi connectivity index (χ2n) is 4.09. The lowest BCUT2D eigenvalue weighted by Crippen LogP contribution is -2.38. The average Bonchev–Trinajstić information content (AvgIpc) is 3.01. The van der Waals surface area contributed by atoms with Gasteiger partial charge in [-0.25, -0.2) is 17.5 Å². The van der Waals surface area contributed by atoms with Gasteiger partial charge in [0.1, 0.15) is 10.7 Å². The van der Waals surface area contributed by atoms with E-state index >= 15 is 0 Å². The van der Waals surface area contributed by atoms with Gasteiger partial charge in [-0.05, 0) is 31.0 Å². The molecule has 0 amide bonds. The van der Waals surface area contributed by atoms with Gasteiger partial charge in [0.15, 0.2) is 0 Å². The number of hydrogen-bond donors (Lipinski definition) is 1. The van der Waals surface area contributed by atoms with Crippen LogP contribution in [0, 0.1) is 5.82 Å². The van der Waals surface area contributed by atoms with Crippen LogP contribution < -0.4 is 4.72 Å². The van der Waals surface area contributed by atoms with Gasteiger partial charge in [-0.1, -0.05) is 27.5 Å². The monoisotopic (exact) mass is 341 g/mol. The molecule has 17 heavy (non-hydrogen) atoms. The Morgan fingerprint density at radius 1 is 1.47 bits per heavy atom. The molecular weight excluding hydrogens is 333 g/mol. The third kappa shape index (κ3) is 2.81. The molecule has 0 bridgehead atoms. The minimum atomic E-state index is -3.77. The van der Waals surface area contributed by atoms with Crippen molar-refractivity contribution in [3.63, 3.8) is 0 Å². The molecule has 1 N–H and O–H groups in total. The Labute approximate surface area is 113 Å². The van der Waals surface area contributed by atoms with E-state index in [0.29, 0.717) is 5.33 Å². The number of sulfonamides is 1. The molecule has 0 spiro atoms. The molecule has 0 aromatic heterocycles. The Morgan fingerprint density at radius 3 is 2.65 bits per heavy atom. The Morgan fingerprint density at radius 2 is 2.12 bits per heavy atom. The van der Waals surface area contributed by atoms with E-state index in [4.69, 9.17) is 11.6 Å². The largest absolute Gasteiger partial charge is 0.242 e. The van der Waals surface area contributed by atoms with Gasteiger partial charge in [0, 0.05) is 10.9 Å². The van der Waals surface area contributed by atoms with E-state index in [2.05, 4.69) is 20.7 Å². The van der Waals surface area contributed by atoms with Gasteiger partial charge in [-0.15, -0.1) is 0 Å². The maximum absolute atomic E-state index is 13.0. The van der Waals surface area contributed by atoms with Crippen LogP contribution in [0.4, 0.5) is 4.39 Å². The van der Waals surface area contributed by atoms with Crippen LogP contribution in [0.5, 0.6) is 0 Å². The van der Waals surface area contributed by atoms with Gasteiger partial charge in [0.25, 0.3) is 0 Å². The minimum absolute atomic E-state index is 0.0178. The van der Waals surface area contributed by atoms with Crippen molar-refractivity contribution in [1.29, 1.82) is 0 Å². The number of halogens is 3. The average molecular weight is 343 g/mol. The van der Waals surface area contributed by atoms with E-state index in [-0.39, 0.29) is 9.92 Å². The SMILES string of the molecule is O=S(=O)(NC1(CBr)CC1)c1cc(F)ccc1Cl. The molecule has 1 aromatic rings. The van der Waals surface area contributed by atoms with Crippen molar-refractivity contribution >= 4 is 37.6 Å². The van der Waals surface area contributed by atoms with Crippen molar-refractivity contribution in [2.45, 2.75) is 23.3 Å². The summed E-state index contributed by atoms with van der Waals surface area (Å²) in [6, 6.07) is 3.28. The smallest absolute Gasteiger partial charge is 0.207 e. The Kier molecular flexibility index (Phi) is 3.51. The molecule has 1 aliphatic carbocycles. The van der Waals surface area contributed by atoms with Crippen LogP contribution in [0.1, 0.15) is 12.8 Å². The molecule has 0 aliphatic heterocycles. The van der Waals surface area contributed by atoms with Crippen molar-refractivity contribution in [3.05, 3.63) is 29.0 Å². The molecule has 2 rings (SSSR count). The van der Waals surface area contributed by atoms with E-state index in [1.807, 2.05) is 0 Å². The number of nitrogens with one attached hydrogen (secondary N) is 1. The molecule has 0 heterocycles. The maximum atomic E-state index is 13.0. The van der Waals surface area contributed by atoms with Crippen LogP contribution in [0.15, 0.2) is 23.1 Å². The highest BCUT2D eigenvalue weighted by Crippen LogP contribution is 2.39. The first-order valence-electron chi connectivity index (χ1n) is 4.94. The number of alkyl halides is 1. The molecule has 0 unspecified atom stereocenters. The zero-order valence-electron chi connectivity index (χ0n) is 8.71. The highest BCUT2D eigenvalue weighted by atomic mass is 79.9. The van der Waals surface area contributed by atoms with Crippen LogP contribution in [0.2, 0.25) is 5.02 Å². The molecule has 94 valence electrons. The predicted octanol–water partition coefficient (Wildman–Crippen LogP) is 2.68. The quantitative estimate of drug-likeness (QED) is 0.855. The van der Waals surface area contributed by atoms with E-state index in [0.717, 1.165) is 25.0 Å². The van der Waals surface area contributed by atoms with Crippen molar-refractivity contribution < 1.29 is 12.8 Å². The van der Waals surface area contributed by atoms with Crippen molar-refractivity contribution in [1.82, 2.24) is 4.72 Å². The molecule has 3 nitrogen and oxygen atoms in total. The van der Waals surface area contributed by atoms with E-state index in [1.165, 1.54) is 6.07 Å². The number of hydrogen-bond acceptors (Lipinski definition) is 2. The van der Waals surface area contributed by atoms with Gasteiger partial charge < -0.3 is 0 Å². The molecule has 1 aromatic carbocycles. The van der Waals surface area contributed by atoms with Crippen LogP contribution in [-0.2, 0) is 10.0 Å². The van der Waals surface area contributed by atoms with Crippen LogP contribution in [0.25, 0.3) is 0 Å². The van der Waals surface area contributed by atoms with Crippen LogP contribution in [-0.4, -0.2) is 19.3 Å². The normalized spacial score (nSPS) is 18.1. The third-order valence-corrected chi connectivity index (χ3v) is 5.78. The third-order valence-electron chi connectivity index (χ3n) is 2.64. The van der Waals surface area contributed by atoms with E-state index < -0.39 is 21.4 Å². The summed E-state index contributed by atoms with van der Waals surface area (Å²) >= 11 is 9.03. The van der Waals surface area contributed by atoms with Crippen molar-refractivity contribution in [2.24, 2.45) is 0 Å². The van der Waals surface area contributed by atoms with Crippen molar-refractivity contribution in [3.8, 4) is 0 Å². The summed E-state index contributed by atoms with van der Waals surface area (Å²) < 4.78 is 39.7.